The maximum Gasteiger partial charge on any atom is 0.416 e. The number of pyridine rings is 1. The predicted octanol–water partition coefficient (Wildman–Crippen LogP) is 4.35. The van der Waals surface area contributed by atoms with Crippen LogP contribution >= 0.6 is 22.6 Å². The first-order chi connectivity index (χ1) is 9.84. The monoisotopic (exact) mass is 407 g/mol. The first kappa shape index (κ1) is 15.5. The van der Waals surface area contributed by atoms with Gasteiger partial charge in [0.2, 0.25) is 0 Å². The van der Waals surface area contributed by atoms with Gasteiger partial charge in [-0.3, -0.25) is 5.32 Å². The molecule has 0 fully saturated rings. The molecule has 0 saturated heterocycles. The Morgan fingerprint density at radius 1 is 1.05 bits per heavy atom. The van der Waals surface area contributed by atoms with Gasteiger partial charge in [0.1, 0.15) is 5.82 Å². The molecule has 1 heterocycles. The first-order valence-corrected chi connectivity index (χ1v) is 6.79. The highest BCUT2D eigenvalue weighted by Crippen LogP contribution is 2.29. The normalized spacial score (nSPS) is 11.0. The highest BCUT2D eigenvalue weighted by Gasteiger charge is 2.29. The molecule has 2 N–H and O–H groups in total. The van der Waals surface area contributed by atoms with Crippen LogP contribution in [0.5, 0.6) is 0 Å². The number of carbonyl (C=O) groups excluding carboxylic acids is 1. The molecule has 0 radical (unpaired) electrons. The summed E-state index contributed by atoms with van der Waals surface area (Å²) < 4.78 is 38.1. The van der Waals surface area contributed by atoms with Crippen LogP contribution in [0.1, 0.15) is 5.56 Å². The molecule has 21 heavy (non-hydrogen) atoms. The number of hydrogen-bond donors (Lipinski definition) is 2. The van der Waals surface area contributed by atoms with Crippen LogP contribution in [0.4, 0.5) is 29.5 Å². The zero-order valence-electron chi connectivity index (χ0n) is 10.4. The van der Waals surface area contributed by atoms with Crippen LogP contribution in [0.2, 0.25) is 0 Å². The third-order valence-electron chi connectivity index (χ3n) is 2.44. The summed E-state index contributed by atoms with van der Waals surface area (Å²) in [6.07, 6.45) is -2.82. The molecular formula is C13H9F3IN3O. The van der Waals surface area contributed by atoms with Gasteiger partial charge in [0, 0.05) is 15.5 Å². The van der Waals surface area contributed by atoms with Crippen molar-refractivity contribution >= 4 is 40.1 Å². The van der Waals surface area contributed by atoms with Gasteiger partial charge in [-0.25, -0.2) is 9.78 Å². The second-order valence-corrected chi connectivity index (χ2v) is 5.26. The van der Waals surface area contributed by atoms with Crippen LogP contribution in [-0.4, -0.2) is 11.0 Å². The molecule has 4 nitrogen and oxygen atoms in total. The summed E-state index contributed by atoms with van der Waals surface area (Å²) >= 11 is 2.08. The Kier molecular flexibility index (Phi) is 4.66. The van der Waals surface area contributed by atoms with Gasteiger partial charge >= 0.3 is 12.2 Å². The summed E-state index contributed by atoms with van der Waals surface area (Å²) in [6, 6.07) is 6.98. The molecule has 2 rings (SSSR count). The fraction of sp³-hybridized carbons (Fsp3) is 0.0769. The molecule has 0 saturated carbocycles. The van der Waals surface area contributed by atoms with E-state index in [-0.39, 0.29) is 5.69 Å². The van der Waals surface area contributed by atoms with E-state index in [1.165, 1.54) is 12.1 Å². The lowest BCUT2D eigenvalue weighted by atomic mass is 10.2. The zero-order valence-corrected chi connectivity index (χ0v) is 12.6. The highest BCUT2D eigenvalue weighted by atomic mass is 127. The molecule has 0 aliphatic carbocycles. The molecule has 2 aromatic rings. The Morgan fingerprint density at radius 2 is 1.71 bits per heavy atom. The largest absolute Gasteiger partial charge is 0.416 e. The van der Waals surface area contributed by atoms with Gasteiger partial charge in [0.25, 0.3) is 0 Å². The number of rotatable bonds is 2. The number of halogens is 4. The molecular weight excluding hydrogens is 398 g/mol. The lowest BCUT2D eigenvalue weighted by Crippen LogP contribution is -2.20. The number of alkyl halides is 3. The van der Waals surface area contributed by atoms with E-state index in [1.807, 2.05) is 0 Å². The van der Waals surface area contributed by atoms with Gasteiger partial charge in [0.15, 0.2) is 0 Å². The minimum absolute atomic E-state index is 0.256. The number of aromatic nitrogens is 1. The number of urea groups is 1. The molecule has 0 unspecified atom stereocenters. The summed E-state index contributed by atoms with van der Waals surface area (Å²) in [5.74, 6) is 0.347. The summed E-state index contributed by atoms with van der Waals surface area (Å²) in [6.45, 7) is 0. The second-order valence-electron chi connectivity index (χ2n) is 4.02. The average Bonchev–Trinajstić information content (AvgIpc) is 2.41. The maximum atomic E-state index is 12.4. The van der Waals surface area contributed by atoms with E-state index < -0.39 is 17.8 Å². The Balaban J connectivity index is 1.98. The van der Waals surface area contributed by atoms with E-state index in [9.17, 15) is 18.0 Å². The van der Waals surface area contributed by atoms with Crippen molar-refractivity contribution in [3.63, 3.8) is 0 Å². The number of carbonyl (C=O) groups is 1. The second kappa shape index (κ2) is 6.29. The van der Waals surface area contributed by atoms with E-state index >= 15 is 0 Å². The Morgan fingerprint density at radius 3 is 2.24 bits per heavy atom. The third-order valence-corrected chi connectivity index (χ3v) is 3.08. The van der Waals surface area contributed by atoms with Crippen molar-refractivity contribution in [2.75, 3.05) is 10.6 Å². The third kappa shape index (κ3) is 4.59. The molecule has 8 heteroatoms. The lowest BCUT2D eigenvalue weighted by molar-refractivity contribution is -0.137. The lowest BCUT2D eigenvalue weighted by Gasteiger charge is -2.09. The van der Waals surface area contributed by atoms with E-state index in [0.717, 1.165) is 15.7 Å². The number of anilines is 2. The molecule has 0 bridgehead atoms. The van der Waals surface area contributed by atoms with Crippen molar-refractivity contribution in [2.45, 2.75) is 6.18 Å². The highest BCUT2D eigenvalue weighted by molar-refractivity contribution is 14.1. The fourth-order valence-corrected chi connectivity index (χ4v) is 1.79. The number of nitrogens with one attached hydrogen (secondary N) is 2. The Bertz CT molecular complexity index is 627. The molecule has 0 aliphatic rings. The van der Waals surface area contributed by atoms with E-state index in [1.54, 1.807) is 18.3 Å². The van der Waals surface area contributed by atoms with Crippen molar-refractivity contribution in [3.05, 3.63) is 51.7 Å². The van der Waals surface area contributed by atoms with Gasteiger partial charge in [-0.15, -0.1) is 0 Å². The SMILES string of the molecule is O=C(Nc1ccc(C(F)(F)F)cc1)Nc1ccc(I)cn1. The Hall–Kier alpha value is -1.84. The van der Waals surface area contributed by atoms with E-state index in [0.29, 0.717) is 5.82 Å². The quantitative estimate of drug-likeness (QED) is 0.728. The minimum atomic E-state index is -4.40. The van der Waals surface area contributed by atoms with Gasteiger partial charge in [-0.1, -0.05) is 0 Å². The molecule has 0 spiro atoms. The molecule has 1 aromatic carbocycles. The van der Waals surface area contributed by atoms with Gasteiger partial charge in [-0.2, -0.15) is 13.2 Å². The van der Waals surface area contributed by atoms with Crippen molar-refractivity contribution in [1.82, 2.24) is 4.98 Å². The summed E-state index contributed by atoms with van der Waals surface area (Å²) in [7, 11) is 0. The summed E-state index contributed by atoms with van der Waals surface area (Å²) in [5, 5.41) is 4.90. The molecule has 0 atom stereocenters. The van der Waals surface area contributed by atoms with Crippen LogP contribution in [-0.2, 0) is 6.18 Å². The standard InChI is InChI=1S/C13H9F3IN3O/c14-13(15,16)8-1-4-10(5-2-8)19-12(21)20-11-6-3-9(17)7-18-11/h1-7H,(H2,18,19,20,21). The summed E-state index contributed by atoms with van der Waals surface area (Å²) in [4.78, 5) is 15.6. The Labute approximate surface area is 131 Å². The van der Waals surface area contributed by atoms with Crippen molar-refractivity contribution in [3.8, 4) is 0 Å². The van der Waals surface area contributed by atoms with E-state index in [4.69, 9.17) is 0 Å². The smallest absolute Gasteiger partial charge is 0.308 e. The van der Waals surface area contributed by atoms with Crippen molar-refractivity contribution in [2.24, 2.45) is 0 Å². The number of benzene rings is 1. The zero-order chi connectivity index (χ0) is 15.5. The molecule has 1 aromatic heterocycles. The summed E-state index contributed by atoms with van der Waals surface area (Å²) in [5.41, 5.74) is -0.515. The molecule has 2 amide bonds. The average molecular weight is 407 g/mol. The number of nitrogens with zero attached hydrogens (tertiary/aromatic N) is 1. The molecule has 110 valence electrons. The van der Waals surface area contributed by atoms with Crippen LogP contribution in [0.25, 0.3) is 0 Å². The van der Waals surface area contributed by atoms with Gasteiger partial charge in [-0.05, 0) is 59.0 Å². The predicted molar refractivity (Wildman–Crippen MR) is 81.0 cm³/mol. The van der Waals surface area contributed by atoms with Gasteiger partial charge < -0.3 is 5.32 Å². The van der Waals surface area contributed by atoms with Crippen LogP contribution in [0, 0.1) is 3.57 Å². The topological polar surface area (TPSA) is 54.0 Å². The maximum absolute atomic E-state index is 12.4. The number of amides is 2. The van der Waals surface area contributed by atoms with Crippen LogP contribution in [0.15, 0.2) is 42.6 Å². The number of hydrogen-bond acceptors (Lipinski definition) is 2. The van der Waals surface area contributed by atoms with Gasteiger partial charge in [0.05, 0.1) is 5.56 Å². The first-order valence-electron chi connectivity index (χ1n) is 5.71. The minimum Gasteiger partial charge on any atom is -0.308 e. The van der Waals surface area contributed by atoms with Crippen LogP contribution < -0.4 is 10.6 Å². The van der Waals surface area contributed by atoms with Crippen molar-refractivity contribution in [1.29, 1.82) is 0 Å². The molecule has 0 aliphatic heterocycles. The fourth-order valence-electron chi connectivity index (χ4n) is 1.47. The van der Waals surface area contributed by atoms with Crippen LogP contribution in [0.3, 0.4) is 0 Å². The van der Waals surface area contributed by atoms with Crippen molar-refractivity contribution < 1.29 is 18.0 Å². The van der Waals surface area contributed by atoms with E-state index in [2.05, 4.69) is 38.2 Å².